The molecule has 4 rings (SSSR count). The van der Waals surface area contributed by atoms with E-state index in [1.807, 2.05) is 30.3 Å². The number of ether oxygens (including phenoxy) is 1. The topological polar surface area (TPSA) is 75.6 Å². The van der Waals surface area contributed by atoms with E-state index in [0.717, 1.165) is 36.0 Å². The first-order chi connectivity index (χ1) is 14.6. The third-order valence-corrected chi connectivity index (χ3v) is 5.36. The summed E-state index contributed by atoms with van der Waals surface area (Å²) in [4.78, 5) is 24.6. The number of esters is 1. The fraction of sp³-hybridized carbons (Fsp3) is 0.200. The van der Waals surface area contributed by atoms with Crippen LogP contribution in [0.15, 0.2) is 72.8 Å². The maximum absolute atomic E-state index is 12.3. The molecule has 0 fully saturated rings. The van der Waals surface area contributed by atoms with Gasteiger partial charge in [-0.3, -0.25) is 4.79 Å². The number of phenolic OH excluding ortho intramolecular Hbond substituents is 1. The minimum absolute atomic E-state index is 0.0363. The summed E-state index contributed by atoms with van der Waals surface area (Å²) in [6.45, 7) is -0.308. The van der Waals surface area contributed by atoms with Gasteiger partial charge in [0.25, 0.3) is 5.91 Å². The van der Waals surface area contributed by atoms with Crippen molar-refractivity contribution in [3.8, 4) is 16.9 Å². The number of carbonyl (C=O) groups excluding carboxylic acids is 2. The first kappa shape index (κ1) is 19.7. The van der Waals surface area contributed by atoms with Gasteiger partial charge in [0.15, 0.2) is 6.61 Å². The number of aryl methyl sites for hydroxylation is 1. The van der Waals surface area contributed by atoms with Crippen molar-refractivity contribution in [2.45, 2.75) is 25.3 Å². The molecule has 5 heteroatoms. The lowest BCUT2D eigenvalue weighted by atomic mass is 9.88. The maximum atomic E-state index is 12.3. The predicted octanol–water partition coefficient (Wildman–Crippen LogP) is 4.41. The molecule has 0 unspecified atom stereocenters. The van der Waals surface area contributed by atoms with Gasteiger partial charge in [0, 0.05) is 0 Å². The SMILES string of the molecule is O=C(COC(=O)c1ccc(-c2ccc(O)cc2)cc1)N[C@H]1CCCc2ccccc21. The summed E-state index contributed by atoms with van der Waals surface area (Å²) >= 11 is 0. The quantitative estimate of drug-likeness (QED) is 0.621. The van der Waals surface area contributed by atoms with Crippen LogP contribution in [0.5, 0.6) is 5.75 Å². The second-order valence-electron chi connectivity index (χ2n) is 7.41. The maximum Gasteiger partial charge on any atom is 0.338 e. The number of aromatic hydroxyl groups is 1. The number of phenols is 1. The highest BCUT2D eigenvalue weighted by Crippen LogP contribution is 2.29. The van der Waals surface area contributed by atoms with Crippen LogP contribution in [0.4, 0.5) is 0 Å². The van der Waals surface area contributed by atoms with Gasteiger partial charge in [-0.2, -0.15) is 0 Å². The normalized spacial score (nSPS) is 15.1. The van der Waals surface area contributed by atoms with Crippen LogP contribution in [0, 0.1) is 0 Å². The molecule has 0 heterocycles. The molecule has 0 saturated heterocycles. The van der Waals surface area contributed by atoms with Gasteiger partial charge in [0.05, 0.1) is 11.6 Å². The van der Waals surface area contributed by atoms with Crippen molar-refractivity contribution in [3.63, 3.8) is 0 Å². The van der Waals surface area contributed by atoms with Gasteiger partial charge in [-0.25, -0.2) is 4.79 Å². The van der Waals surface area contributed by atoms with Crippen LogP contribution in [0.2, 0.25) is 0 Å². The van der Waals surface area contributed by atoms with Gasteiger partial charge >= 0.3 is 5.97 Å². The summed E-state index contributed by atoms with van der Waals surface area (Å²) in [5, 5.41) is 12.4. The number of rotatable bonds is 5. The highest BCUT2D eigenvalue weighted by Gasteiger charge is 2.22. The van der Waals surface area contributed by atoms with Crippen LogP contribution < -0.4 is 5.32 Å². The average molecular weight is 401 g/mol. The molecular formula is C25H23NO4. The van der Waals surface area contributed by atoms with E-state index < -0.39 is 5.97 Å². The molecule has 152 valence electrons. The number of fused-ring (bicyclic) bond motifs is 1. The minimum Gasteiger partial charge on any atom is -0.508 e. The number of amides is 1. The molecule has 3 aromatic rings. The van der Waals surface area contributed by atoms with Crippen molar-refractivity contribution in [1.29, 1.82) is 0 Å². The summed E-state index contributed by atoms with van der Waals surface area (Å²) in [5.41, 5.74) is 4.64. The van der Waals surface area contributed by atoms with Crippen LogP contribution in [0.3, 0.4) is 0 Å². The number of carbonyl (C=O) groups is 2. The van der Waals surface area contributed by atoms with Crippen LogP contribution >= 0.6 is 0 Å². The van der Waals surface area contributed by atoms with Crippen LogP contribution in [-0.4, -0.2) is 23.6 Å². The fourth-order valence-corrected chi connectivity index (χ4v) is 3.81. The molecule has 0 aromatic heterocycles. The highest BCUT2D eigenvalue weighted by molar-refractivity contribution is 5.92. The zero-order chi connectivity index (χ0) is 20.9. The number of hydrogen-bond donors (Lipinski definition) is 2. The van der Waals surface area contributed by atoms with E-state index in [2.05, 4.69) is 11.4 Å². The Morgan fingerprint density at radius 1 is 0.933 bits per heavy atom. The van der Waals surface area contributed by atoms with Gasteiger partial charge in [-0.1, -0.05) is 48.5 Å². The number of benzene rings is 3. The largest absolute Gasteiger partial charge is 0.508 e. The predicted molar refractivity (Wildman–Crippen MR) is 114 cm³/mol. The molecular weight excluding hydrogens is 378 g/mol. The summed E-state index contributed by atoms with van der Waals surface area (Å²) in [5.74, 6) is -0.633. The van der Waals surface area contributed by atoms with E-state index in [1.165, 1.54) is 5.56 Å². The highest BCUT2D eigenvalue weighted by atomic mass is 16.5. The second-order valence-corrected chi connectivity index (χ2v) is 7.41. The molecule has 0 bridgehead atoms. The zero-order valence-electron chi connectivity index (χ0n) is 16.5. The van der Waals surface area contributed by atoms with E-state index >= 15 is 0 Å². The molecule has 0 saturated carbocycles. The molecule has 1 aliphatic carbocycles. The van der Waals surface area contributed by atoms with Gasteiger partial charge in [-0.05, 0) is 65.8 Å². The molecule has 5 nitrogen and oxygen atoms in total. The summed E-state index contributed by atoms with van der Waals surface area (Å²) in [7, 11) is 0. The molecule has 2 N–H and O–H groups in total. The number of nitrogens with one attached hydrogen (secondary N) is 1. The lowest BCUT2D eigenvalue weighted by Crippen LogP contribution is -2.34. The molecule has 1 aliphatic rings. The van der Waals surface area contributed by atoms with E-state index in [1.54, 1.807) is 36.4 Å². The third-order valence-electron chi connectivity index (χ3n) is 5.36. The van der Waals surface area contributed by atoms with Crippen LogP contribution in [0.25, 0.3) is 11.1 Å². The zero-order valence-corrected chi connectivity index (χ0v) is 16.5. The molecule has 0 spiro atoms. The van der Waals surface area contributed by atoms with Crippen molar-refractivity contribution in [3.05, 3.63) is 89.5 Å². The van der Waals surface area contributed by atoms with Crippen molar-refractivity contribution < 1.29 is 19.4 Å². The third kappa shape index (κ3) is 4.51. The Morgan fingerprint density at radius 3 is 2.33 bits per heavy atom. The minimum atomic E-state index is -0.536. The van der Waals surface area contributed by atoms with Gasteiger partial charge in [0.1, 0.15) is 5.75 Å². The number of hydrogen-bond acceptors (Lipinski definition) is 4. The lowest BCUT2D eigenvalue weighted by Gasteiger charge is -2.26. The van der Waals surface area contributed by atoms with E-state index in [-0.39, 0.29) is 24.3 Å². The van der Waals surface area contributed by atoms with Crippen LogP contribution in [0.1, 0.15) is 40.4 Å². The van der Waals surface area contributed by atoms with Gasteiger partial charge < -0.3 is 15.2 Å². The summed E-state index contributed by atoms with van der Waals surface area (Å²) in [6.07, 6.45) is 2.93. The first-order valence-electron chi connectivity index (χ1n) is 10.0. The Kier molecular flexibility index (Phi) is 5.80. The van der Waals surface area contributed by atoms with E-state index in [9.17, 15) is 14.7 Å². The molecule has 0 radical (unpaired) electrons. The second kappa shape index (κ2) is 8.82. The smallest absolute Gasteiger partial charge is 0.338 e. The lowest BCUT2D eigenvalue weighted by molar-refractivity contribution is -0.125. The summed E-state index contributed by atoms with van der Waals surface area (Å²) < 4.78 is 5.20. The fourth-order valence-electron chi connectivity index (χ4n) is 3.81. The molecule has 0 aliphatic heterocycles. The van der Waals surface area contributed by atoms with Crippen molar-refractivity contribution in [1.82, 2.24) is 5.32 Å². The molecule has 3 aromatic carbocycles. The Bertz CT molecular complexity index is 1040. The Morgan fingerprint density at radius 2 is 1.60 bits per heavy atom. The molecule has 1 amide bonds. The standard InChI is InChI=1S/C25H23NO4/c27-21-14-12-18(13-15-21)17-8-10-20(11-9-17)25(29)30-16-24(28)26-23-7-3-5-19-4-1-2-6-22(19)23/h1-2,4,6,8-15,23,27H,3,5,7,16H2,(H,26,28)/t23-/m0/s1. The van der Waals surface area contributed by atoms with Crippen molar-refractivity contribution in [2.75, 3.05) is 6.61 Å². The van der Waals surface area contributed by atoms with Crippen LogP contribution in [-0.2, 0) is 16.0 Å². The monoisotopic (exact) mass is 401 g/mol. The Balaban J connectivity index is 1.32. The molecule has 1 atom stereocenters. The van der Waals surface area contributed by atoms with Gasteiger partial charge in [0.2, 0.25) is 0 Å². The van der Waals surface area contributed by atoms with Crippen molar-refractivity contribution >= 4 is 11.9 Å². The Hall–Kier alpha value is -3.60. The first-order valence-corrected chi connectivity index (χ1v) is 10.0. The van der Waals surface area contributed by atoms with Gasteiger partial charge in [-0.15, -0.1) is 0 Å². The Labute approximate surface area is 175 Å². The average Bonchev–Trinajstić information content (AvgIpc) is 2.78. The van der Waals surface area contributed by atoms with Crippen molar-refractivity contribution in [2.24, 2.45) is 0 Å². The molecule has 30 heavy (non-hydrogen) atoms. The summed E-state index contributed by atoms with van der Waals surface area (Å²) in [6, 6.07) is 21.9. The van der Waals surface area contributed by atoms with E-state index in [4.69, 9.17) is 4.74 Å². The van der Waals surface area contributed by atoms with E-state index in [0.29, 0.717) is 5.56 Å².